The number of allylic oxidation sites excluding steroid dienone is 1. The van der Waals surface area contributed by atoms with Crippen LogP contribution in [-0.2, 0) is 15.7 Å². The first-order valence-corrected chi connectivity index (χ1v) is 7.66. The first-order chi connectivity index (χ1) is 8.20. The van der Waals surface area contributed by atoms with Gasteiger partial charge in [0.2, 0.25) is 5.78 Å². The van der Waals surface area contributed by atoms with Gasteiger partial charge in [0.05, 0.1) is 5.57 Å². The van der Waals surface area contributed by atoms with E-state index >= 15 is 0 Å². The normalized spacial score (nSPS) is 24.5. The summed E-state index contributed by atoms with van der Waals surface area (Å²) in [4.78, 5) is 13.5. The third kappa shape index (κ3) is 2.06. The van der Waals surface area contributed by atoms with Crippen LogP contribution in [-0.4, -0.2) is 16.8 Å². The number of hydrogen-bond donors (Lipinski definition) is 0. The number of rotatable bonds is 3. The highest BCUT2D eigenvalue weighted by Gasteiger charge is 2.47. The molecule has 2 heteroatoms. The molecule has 1 aliphatic heterocycles. The van der Waals surface area contributed by atoms with Gasteiger partial charge in [-0.1, -0.05) is 25.1 Å². The number of carbonyl (C=O) groups excluding carboxylic acids is 1. The number of carbonyl (C=O) groups is 1. The molecular weight excluding hydrogens is 228 g/mol. The van der Waals surface area contributed by atoms with Crippen LogP contribution in [0.1, 0.15) is 32.8 Å². The summed E-state index contributed by atoms with van der Waals surface area (Å²) in [5.74, 6) is 1.45. The lowest BCUT2D eigenvalue weighted by Crippen LogP contribution is -2.25. The molecule has 0 bridgehead atoms. The molecule has 0 N–H and O–H groups in total. The zero-order chi connectivity index (χ0) is 12.4. The Hall–Kier alpha value is -1.02. The number of Topliss-reactive ketones (excluding diaryl/α,β-unsaturated/α-hetero) is 1. The molecule has 1 nitrogen and oxygen atoms in total. The number of ketones is 1. The zero-order valence-corrected chi connectivity index (χ0v) is 11.5. The van der Waals surface area contributed by atoms with Crippen molar-refractivity contribution in [1.82, 2.24) is 0 Å². The molecule has 90 valence electrons. The summed E-state index contributed by atoms with van der Waals surface area (Å²) in [5, 5.41) is 0.232. The average Bonchev–Trinajstić information content (AvgIpc) is 2.62. The minimum Gasteiger partial charge on any atom is -0.289 e. The topological polar surface area (TPSA) is 17.1 Å². The molecule has 0 radical (unpaired) electrons. The molecule has 0 fully saturated rings. The minimum atomic E-state index is 0.109. The molecule has 2 rings (SSSR count). The van der Waals surface area contributed by atoms with E-state index in [4.69, 9.17) is 0 Å². The Bertz CT molecular complexity index is 447. The highest BCUT2D eigenvalue weighted by atomic mass is 32.2. The van der Waals surface area contributed by atoms with Gasteiger partial charge in [0, 0.05) is 22.9 Å². The molecule has 0 saturated heterocycles. The Kier molecular flexibility index (Phi) is 3.72. The molecule has 1 aromatic rings. The average molecular weight is 247 g/mol. The van der Waals surface area contributed by atoms with E-state index in [0.717, 1.165) is 17.7 Å². The maximum atomic E-state index is 12.2. The Balaban J connectivity index is 2.48. The number of hydrogen-bond acceptors (Lipinski definition) is 1. The maximum Gasteiger partial charge on any atom is 0.216 e. The molecule has 0 aliphatic carbocycles. The van der Waals surface area contributed by atoms with Crippen molar-refractivity contribution in [2.75, 3.05) is 5.75 Å². The van der Waals surface area contributed by atoms with E-state index in [9.17, 15) is 4.79 Å². The molecule has 1 aliphatic rings. The van der Waals surface area contributed by atoms with Crippen molar-refractivity contribution in [3.05, 3.63) is 41.5 Å². The van der Waals surface area contributed by atoms with E-state index in [2.05, 4.69) is 38.1 Å². The smallest absolute Gasteiger partial charge is 0.216 e. The summed E-state index contributed by atoms with van der Waals surface area (Å²) in [7, 11) is 0.109. The predicted molar refractivity (Wildman–Crippen MR) is 76.0 cm³/mol. The van der Waals surface area contributed by atoms with Gasteiger partial charge in [-0.15, -0.1) is 0 Å². The van der Waals surface area contributed by atoms with Gasteiger partial charge in [-0.05, 0) is 26.0 Å². The van der Waals surface area contributed by atoms with Gasteiger partial charge in [0.1, 0.15) is 5.75 Å². The fraction of sp³-hybridized carbons (Fsp3) is 0.400. The van der Waals surface area contributed by atoms with Crippen molar-refractivity contribution in [2.24, 2.45) is 0 Å². The third-order valence-electron chi connectivity index (χ3n) is 3.33. The van der Waals surface area contributed by atoms with Gasteiger partial charge in [0.15, 0.2) is 10.2 Å². The summed E-state index contributed by atoms with van der Waals surface area (Å²) in [6.07, 6.45) is 0.962. The molecule has 0 amide bonds. The lowest BCUT2D eigenvalue weighted by atomic mass is 10.1. The van der Waals surface area contributed by atoms with Gasteiger partial charge in [-0.2, -0.15) is 0 Å². The molecule has 1 aromatic carbocycles. The molecule has 0 aromatic heterocycles. The second kappa shape index (κ2) is 5.09. The van der Waals surface area contributed by atoms with Crippen molar-refractivity contribution in [3.63, 3.8) is 0 Å². The maximum absolute atomic E-state index is 12.2. The van der Waals surface area contributed by atoms with Gasteiger partial charge in [0.25, 0.3) is 0 Å². The molecule has 0 spiro atoms. The summed E-state index contributed by atoms with van der Waals surface area (Å²) in [6.45, 7) is 6.32. The lowest BCUT2D eigenvalue weighted by Gasteiger charge is -2.09. The van der Waals surface area contributed by atoms with E-state index in [0.29, 0.717) is 5.78 Å². The van der Waals surface area contributed by atoms with Crippen molar-refractivity contribution in [3.8, 4) is 0 Å². The molecule has 1 heterocycles. The van der Waals surface area contributed by atoms with Crippen LogP contribution in [0.15, 0.2) is 35.9 Å². The summed E-state index contributed by atoms with van der Waals surface area (Å²) < 4.78 is 0. The van der Waals surface area contributed by atoms with E-state index < -0.39 is 0 Å². The quantitative estimate of drug-likeness (QED) is 0.748. The van der Waals surface area contributed by atoms with E-state index in [1.54, 1.807) is 0 Å². The molecule has 2 atom stereocenters. The van der Waals surface area contributed by atoms with Crippen LogP contribution in [0.2, 0.25) is 0 Å². The van der Waals surface area contributed by atoms with E-state index in [-0.39, 0.29) is 16.1 Å². The lowest BCUT2D eigenvalue weighted by molar-refractivity contribution is -0.114. The van der Waals surface area contributed by atoms with Gasteiger partial charge in [-0.25, -0.2) is 0 Å². The first kappa shape index (κ1) is 12.4. The fourth-order valence-corrected chi connectivity index (χ4v) is 5.26. The van der Waals surface area contributed by atoms with E-state index in [1.165, 1.54) is 10.5 Å². The Morgan fingerprint density at radius 3 is 2.35 bits per heavy atom. The Labute approximate surface area is 106 Å². The third-order valence-corrected chi connectivity index (χ3v) is 6.25. The van der Waals surface area contributed by atoms with Crippen LogP contribution in [0, 0.1) is 0 Å². The van der Waals surface area contributed by atoms with Gasteiger partial charge < -0.3 is 0 Å². The van der Waals surface area contributed by atoms with Crippen molar-refractivity contribution in [2.45, 2.75) is 32.4 Å². The van der Waals surface area contributed by atoms with Gasteiger partial charge >= 0.3 is 0 Å². The number of benzene rings is 1. The second-order valence-corrected chi connectivity index (χ2v) is 6.71. The Morgan fingerprint density at radius 2 is 1.82 bits per heavy atom. The summed E-state index contributed by atoms with van der Waals surface area (Å²) >= 11 is 0. The van der Waals surface area contributed by atoms with Crippen LogP contribution >= 0.6 is 0 Å². The second-order valence-electron chi connectivity index (χ2n) is 4.30. The molecule has 1 unspecified atom stereocenters. The van der Waals surface area contributed by atoms with Crippen molar-refractivity contribution in [1.29, 1.82) is 0 Å². The molecule has 0 saturated carbocycles. The minimum absolute atomic E-state index is 0.109. The summed E-state index contributed by atoms with van der Waals surface area (Å²) in [6, 6.07) is 10.4. The fourth-order valence-electron chi connectivity index (χ4n) is 2.51. The first-order valence-electron chi connectivity index (χ1n) is 6.20. The Morgan fingerprint density at radius 1 is 1.18 bits per heavy atom. The largest absolute Gasteiger partial charge is 0.289 e. The molecular formula is C15H19OS+. The highest BCUT2D eigenvalue weighted by molar-refractivity contribution is 8.07. The standard InChI is InChI=1S/C15H19OS/c1-4-13-14(16)11(3)15(17(13)5-2)12-9-7-6-8-10-12/h6-10,13H,4-5H2,1-3H3/q+1/t13-,17?/m0/s1. The van der Waals surface area contributed by atoms with Crippen LogP contribution in [0.5, 0.6) is 0 Å². The summed E-state index contributed by atoms with van der Waals surface area (Å²) in [5.41, 5.74) is 2.23. The van der Waals surface area contributed by atoms with E-state index in [1.807, 2.05) is 13.0 Å². The predicted octanol–water partition coefficient (Wildman–Crippen LogP) is 3.42. The highest BCUT2D eigenvalue weighted by Crippen LogP contribution is 2.38. The van der Waals surface area contributed by atoms with Crippen LogP contribution in [0.4, 0.5) is 0 Å². The monoisotopic (exact) mass is 247 g/mol. The zero-order valence-electron chi connectivity index (χ0n) is 10.7. The van der Waals surface area contributed by atoms with Crippen LogP contribution in [0.25, 0.3) is 4.91 Å². The van der Waals surface area contributed by atoms with Crippen molar-refractivity contribution < 1.29 is 4.79 Å². The van der Waals surface area contributed by atoms with Crippen molar-refractivity contribution >= 4 is 21.6 Å². The van der Waals surface area contributed by atoms with Crippen LogP contribution in [0.3, 0.4) is 0 Å². The SMILES string of the molecule is CC[C@H]1C(=O)C(C)=C(c2ccccc2)[S+]1CC. The van der Waals surface area contributed by atoms with Crippen LogP contribution < -0.4 is 0 Å². The molecule has 17 heavy (non-hydrogen) atoms. The van der Waals surface area contributed by atoms with Gasteiger partial charge in [-0.3, -0.25) is 4.79 Å².